The molecular weight excluding hydrogens is 264 g/mol. The zero-order chi connectivity index (χ0) is 14.7. The van der Waals surface area contributed by atoms with Crippen molar-refractivity contribution in [2.45, 2.75) is 5.92 Å². The molecule has 0 bridgehead atoms. The van der Waals surface area contributed by atoms with Gasteiger partial charge in [-0.15, -0.1) is 0 Å². The molecule has 106 valence electrons. The minimum Gasteiger partial charge on any atom is -0.336 e. The van der Waals surface area contributed by atoms with Crippen LogP contribution in [0.5, 0.6) is 0 Å². The Kier molecular flexibility index (Phi) is 3.69. The molecule has 2 aromatic rings. The zero-order valence-corrected chi connectivity index (χ0v) is 11.5. The lowest BCUT2D eigenvalue weighted by atomic mass is 9.90. The van der Waals surface area contributed by atoms with E-state index in [1.54, 1.807) is 0 Å². The van der Waals surface area contributed by atoms with E-state index in [2.05, 4.69) is 5.32 Å². The lowest BCUT2D eigenvalue weighted by molar-refractivity contribution is -0.128. The zero-order valence-electron chi connectivity index (χ0n) is 11.5. The number of amides is 3. The highest BCUT2D eigenvalue weighted by Gasteiger charge is 2.33. The van der Waals surface area contributed by atoms with Gasteiger partial charge in [-0.05, 0) is 11.1 Å². The molecule has 0 aromatic heterocycles. The summed E-state index contributed by atoms with van der Waals surface area (Å²) >= 11 is 0. The molecular formula is C17H16N2O2. The molecule has 4 nitrogen and oxygen atoms in total. The number of imide groups is 1. The molecule has 2 aromatic carbocycles. The number of nitrogens with one attached hydrogen (secondary N) is 1. The summed E-state index contributed by atoms with van der Waals surface area (Å²) in [5, 5.41) is 2.67. The van der Waals surface area contributed by atoms with Crippen molar-refractivity contribution in [1.82, 2.24) is 10.2 Å². The lowest BCUT2D eigenvalue weighted by Gasteiger charge is -2.22. The van der Waals surface area contributed by atoms with Crippen LogP contribution in [0.25, 0.3) is 0 Å². The summed E-state index contributed by atoms with van der Waals surface area (Å²) in [6, 6.07) is 18.8. The molecule has 0 atom stereocenters. The molecule has 0 spiro atoms. The smallest absolute Gasteiger partial charge is 0.324 e. The van der Waals surface area contributed by atoms with Gasteiger partial charge in [0.2, 0.25) is 5.91 Å². The van der Waals surface area contributed by atoms with Gasteiger partial charge in [0.25, 0.3) is 0 Å². The van der Waals surface area contributed by atoms with Gasteiger partial charge in [0.1, 0.15) is 0 Å². The maximum atomic E-state index is 12.8. The van der Waals surface area contributed by atoms with Crippen LogP contribution in [0.2, 0.25) is 0 Å². The third-order valence-electron chi connectivity index (χ3n) is 3.64. The first-order chi connectivity index (χ1) is 10.3. The third-order valence-corrected chi connectivity index (χ3v) is 3.64. The van der Waals surface area contributed by atoms with E-state index in [0.29, 0.717) is 13.1 Å². The SMILES string of the molecule is O=C1NCCN1C(=O)C(c1ccccc1)c1ccccc1. The van der Waals surface area contributed by atoms with E-state index >= 15 is 0 Å². The Morgan fingerprint density at radius 1 is 0.952 bits per heavy atom. The van der Waals surface area contributed by atoms with Crippen molar-refractivity contribution >= 4 is 11.9 Å². The van der Waals surface area contributed by atoms with Gasteiger partial charge in [0.15, 0.2) is 0 Å². The second kappa shape index (κ2) is 5.79. The standard InChI is InChI=1S/C17H16N2O2/c20-16(19-12-11-18-17(19)21)15(13-7-3-1-4-8-13)14-9-5-2-6-10-14/h1-10,15H,11-12H2,(H,18,21). The fourth-order valence-corrected chi connectivity index (χ4v) is 2.61. The molecule has 3 amide bonds. The Labute approximate surface area is 123 Å². The lowest BCUT2D eigenvalue weighted by Crippen LogP contribution is -2.38. The van der Waals surface area contributed by atoms with Crippen molar-refractivity contribution in [1.29, 1.82) is 0 Å². The van der Waals surface area contributed by atoms with Crippen molar-refractivity contribution in [3.63, 3.8) is 0 Å². The molecule has 21 heavy (non-hydrogen) atoms. The number of urea groups is 1. The highest BCUT2D eigenvalue weighted by Crippen LogP contribution is 2.27. The first-order valence-electron chi connectivity index (χ1n) is 6.96. The first-order valence-corrected chi connectivity index (χ1v) is 6.96. The molecule has 0 unspecified atom stereocenters. The maximum absolute atomic E-state index is 12.8. The molecule has 1 aliphatic rings. The maximum Gasteiger partial charge on any atom is 0.324 e. The van der Waals surface area contributed by atoms with Crippen LogP contribution in [-0.4, -0.2) is 29.9 Å². The molecule has 0 aliphatic carbocycles. The summed E-state index contributed by atoms with van der Waals surface area (Å²) in [7, 11) is 0. The Balaban J connectivity index is 2.00. The normalized spacial score (nSPS) is 14.3. The van der Waals surface area contributed by atoms with Crippen LogP contribution in [-0.2, 0) is 4.79 Å². The van der Waals surface area contributed by atoms with E-state index in [0.717, 1.165) is 11.1 Å². The van der Waals surface area contributed by atoms with Crippen LogP contribution < -0.4 is 5.32 Å². The van der Waals surface area contributed by atoms with Crippen LogP contribution in [0, 0.1) is 0 Å². The number of nitrogens with zero attached hydrogens (tertiary/aromatic N) is 1. The summed E-state index contributed by atoms with van der Waals surface area (Å²) in [6.07, 6.45) is 0. The van der Waals surface area contributed by atoms with Gasteiger partial charge in [-0.25, -0.2) is 4.79 Å². The molecule has 3 rings (SSSR count). The monoisotopic (exact) mass is 280 g/mol. The molecule has 1 N–H and O–H groups in total. The molecule has 0 radical (unpaired) electrons. The van der Waals surface area contributed by atoms with E-state index in [1.807, 2.05) is 60.7 Å². The Bertz CT molecular complexity index is 601. The highest BCUT2D eigenvalue weighted by atomic mass is 16.2. The van der Waals surface area contributed by atoms with E-state index in [-0.39, 0.29) is 11.9 Å². The average Bonchev–Trinajstić information content (AvgIpc) is 2.96. The Hall–Kier alpha value is -2.62. The first kappa shape index (κ1) is 13.4. The fourth-order valence-electron chi connectivity index (χ4n) is 2.61. The number of carbonyl (C=O) groups excluding carboxylic acids is 2. The number of carbonyl (C=O) groups is 2. The van der Waals surface area contributed by atoms with E-state index in [9.17, 15) is 9.59 Å². The van der Waals surface area contributed by atoms with Gasteiger partial charge >= 0.3 is 6.03 Å². The van der Waals surface area contributed by atoms with Gasteiger partial charge < -0.3 is 5.32 Å². The van der Waals surface area contributed by atoms with Gasteiger partial charge in [-0.3, -0.25) is 9.69 Å². The number of hydrogen-bond acceptors (Lipinski definition) is 2. The van der Waals surface area contributed by atoms with E-state index < -0.39 is 5.92 Å². The van der Waals surface area contributed by atoms with Crippen LogP contribution >= 0.6 is 0 Å². The molecule has 1 heterocycles. The van der Waals surface area contributed by atoms with Gasteiger partial charge in [-0.2, -0.15) is 0 Å². The highest BCUT2D eigenvalue weighted by molar-refractivity contribution is 6.00. The Morgan fingerprint density at radius 3 is 1.90 bits per heavy atom. The van der Waals surface area contributed by atoms with E-state index in [4.69, 9.17) is 0 Å². The third kappa shape index (κ3) is 2.65. The van der Waals surface area contributed by atoms with Crippen LogP contribution in [0.1, 0.15) is 17.0 Å². The summed E-state index contributed by atoms with van der Waals surface area (Å²) in [5.41, 5.74) is 1.79. The Morgan fingerprint density at radius 2 is 1.48 bits per heavy atom. The van der Waals surface area contributed by atoms with E-state index in [1.165, 1.54) is 4.90 Å². The summed E-state index contributed by atoms with van der Waals surface area (Å²) in [5.74, 6) is -0.626. The minimum atomic E-state index is -0.448. The van der Waals surface area contributed by atoms with Crippen molar-refractivity contribution in [3.05, 3.63) is 71.8 Å². The number of hydrogen-bond donors (Lipinski definition) is 1. The molecule has 1 aliphatic heterocycles. The second-order valence-electron chi connectivity index (χ2n) is 4.98. The van der Waals surface area contributed by atoms with Crippen LogP contribution in [0.4, 0.5) is 4.79 Å². The average molecular weight is 280 g/mol. The number of benzene rings is 2. The fraction of sp³-hybridized carbons (Fsp3) is 0.176. The summed E-state index contributed by atoms with van der Waals surface area (Å²) < 4.78 is 0. The van der Waals surface area contributed by atoms with Gasteiger partial charge in [-0.1, -0.05) is 60.7 Å². The van der Waals surface area contributed by atoms with Crippen molar-refractivity contribution in [2.75, 3.05) is 13.1 Å². The predicted octanol–water partition coefficient (Wildman–Crippen LogP) is 2.37. The van der Waals surface area contributed by atoms with Crippen molar-refractivity contribution in [3.8, 4) is 0 Å². The van der Waals surface area contributed by atoms with Crippen molar-refractivity contribution in [2.24, 2.45) is 0 Å². The molecule has 4 heteroatoms. The minimum absolute atomic E-state index is 0.178. The second-order valence-corrected chi connectivity index (χ2v) is 4.98. The van der Waals surface area contributed by atoms with Crippen molar-refractivity contribution < 1.29 is 9.59 Å². The topological polar surface area (TPSA) is 49.4 Å². The molecule has 0 saturated carbocycles. The quantitative estimate of drug-likeness (QED) is 0.938. The van der Waals surface area contributed by atoms with Crippen LogP contribution in [0.15, 0.2) is 60.7 Å². The number of rotatable bonds is 3. The van der Waals surface area contributed by atoms with Crippen LogP contribution in [0.3, 0.4) is 0 Å². The predicted molar refractivity (Wildman–Crippen MR) is 79.8 cm³/mol. The molecule has 1 fully saturated rings. The summed E-state index contributed by atoms with van der Waals surface area (Å²) in [4.78, 5) is 25.9. The van der Waals surface area contributed by atoms with Gasteiger partial charge in [0, 0.05) is 13.1 Å². The largest absolute Gasteiger partial charge is 0.336 e. The van der Waals surface area contributed by atoms with Gasteiger partial charge in [0.05, 0.1) is 5.92 Å². The summed E-state index contributed by atoms with van der Waals surface area (Å²) in [6.45, 7) is 0.939. The molecule has 1 saturated heterocycles.